The Morgan fingerprint density at radius 3 is 2.50 bits per heavy atom. The van der Waals surface area contributed by atoms with Crippen LogP contribution in [-0.2, 0) is 37.3 Å². The van der Waals surface area contributed by atoms with E-state index in [0.29, 0.717) is 31.9 Å². The van der Waals surface area contributed by atoms with Gasteiger partial charge >= 0.3 is 5.97 Å². The summed E-state index contributed by atoms with van der Waals surface area (Å²) in [6, 6.07) is 12.4. The van der Waals surface area contributed by atoms with E-state index >= 15 is 0 Å². The van der Waals surface area contributed by atoms with Gasteiger partial charge in [-0.15, -0.1) is 0 Å². The maximum Gasteiger partial charge on any atom is 0.338 e. The zero-order chi connectivity index (χ0) is 22.7. The molecular weight excluding hydrogens is 432 g/mol. The van der Waals surface area contributed by atoms with Crippen LogP contribution in [0.25, 0.3) is 0 Å². The third-order valence-electron chi connectivity index (χ3n) is 5.82. The summed E-state index contributed by atoms with van der Waals surface area (Å²) in [5.41, 5.74) is 2.95. The average Bonchev–Trinajstić information content (AvgIpc) is 2.82. The zero-order valence-corrected chi connectivity index (χ0v) is 18.8. The summed E-state index contributed by atoms with van der Waals surface area (Å²) >= 11 is 0. The highest BCUT2D eigenvalue weighted by Gasteiger charge is 2.29. The topological polar surface area (TPSA) is 93.2 Å². The summed E-state index contributed by atoms with van der Waals surface area (Å²) in [7, 11) is -3.76. The molecule has 8 nitrogen and oxygen atoms in total. The fourth-order valence-electron chi connectivity index (χ4n) is 3.94. The number of fused-ring (bicyclic) bond motifs is 1. The van der Waals surface area contributed by atoms with Gasteiger partial charge in [-0.25, -0.2) is 13.2 Å². The molecule has 2 aromatic rings. The Hall–Kier alpha value is -2.75. The van der Waals surface area contributed by atoms with E-state index in [2.05, 4.69) is 6.07 Å². The number of aryl methyl sites for hydroxylation is 1. The molecule has 32 heavy (non-hydrogen) atoms. The minimum absolute atomic E-state index is 0.0628. The van der Waals surface area contributed by atoms with Gasteiger partial charge in [-0.05, 0) is 42.2 Å². The highest BCUT2D eigenvalue weighted by molar-refractivity contribution is 7.89. The number of sulfonamides is 1. The van der Waals surface area contributed by atoms with E-state index in [0.717, 1.165) is 12.0 Å². The lowest BCUT2D eigenvalue weighted by Gasteiger charge is -2.28. The molecule has 2 aliphatic rings. The molecule has 2 heterocycles. The standard InChI is InChI=1S/C23H26N2O6S/c1-17-6-7-19(14-21(17)32(28,29)25-10-12-30-13-11-25)23(27)31-16-22(26)24-9-8-18-4-2-3-5-20(18)15-24/h2-7,14H,8-13,15-16H2,1H3. The van der Waals surface area contributed by atoms with E-state index in [4.69, 9.17) is 9.47 Å². The van der Waals surface area contributed by atoms with Gasteiger partial charge in [-0.2, -0.15) is 4.31 Å². The first-order chi connectivity index (χ1) is 15.4. The molecule has 0 spiro atoms. The number of amides is 1. The van der Waals surface area contributed by atoms with E-state index in [1.165, 1.54) is 22.0 Å². The molecule has 0 N–H and O–H groups in total. The van der Waals surface area contributed by atoms with Gasteiger partial charge < -0.3 is 14.4 Å². The van der Waals surface area contributed by atoms with E-state index in [1.807, 2.05) is 18.2 Å². The number of rotatable bonds is 5. The molecule has 1 fully saturated rings. The highest BCUT2D eigenvalue weighted by atomic mass is 32.2. The minimum Gasteiger partial charge on any atom is -0.452 e. The van der Waals surface area contributed by atoms with Crippen LogP contribution >= 0.6 is 0 Å². The van der Waals surface area contributed by atoms with E-state index < -0.39 is 16.0 Å². The zero-order valence-electron chi connectivity index (χ0n) is 18.0. The highest BCUT2D eigenvalue weighted by Crippen LogP contribution is 2.23. The Bertz CT molecular complexity index is 1130. The van der Waals surface area contributed by atoms with Crippen molar-refractivity contribution in [3.8, 4) is 0 Å². The number of hydrogen-bond donors (Lipinski definition) is 0. The fraction of sp³-hybridized carbons (Fsp3) is 0.391. The van der Waals surface area contributed by atoms with Gasteiger partial charge in [-0.1, -0.05) is 30.3 Å². The Labute approximate surface area is 187 Å². The molecule has 0 bridgehead atoms. The Morgan fingerprint density at radius 2 is 1.75 bits per heavy atom. The smallest absolute Gasteiger partial charge is 0.338 e. The maximum atomic E-state index is 13.0. The van der Waals surface area contributed by atoms with Crippen LogP contribution in [0.1, 0.15) is 27.0 Å². The number of carbonyl (C=O) groups excluding carboxylic acids is 2. The predicted octanol–water partition coefficient (Wildman–Crippen LogP) is 1.76. The van der Waals surface area contributed by atoms with Gasteiger partial charge in [0.25, 0.3) is 5.91 Å². The summed E-state index contributed by atoms with van der Waals surface area (Å²) < 4.78 is 37.8. The lowest BCUT2D eigenvalue weighted by Crippen LogP contribution is -2.40. The quantitative estimate of drug-likeness (QED) is 0.634. The van der Waals surface area contributed by atoms with Gasteiger partial charge in [0.15, 0.2) is 6.61 Å². The number of esters is 1. The molecule has 0 aliphatic carbocycles. The van der Waals surface area contributed by atoms with Crippen molar-refractivity contribution in [3.63, 3.8) is 0 Å². The molecule has 0 radical (unpaired) electrons. The number of ether oxygens (including phenoxy) is 2. The van der Waals surface area contributed by atoms with Crippen molar-refractivity contribution in [3.05, 3.63) is 64.7 Å². The largest absolute Gasteiger partial charge is 0.452 e. The van der Waals surface area contributed by atoms with Gasteiger partial charge in [0, 0.05) is 26.2 Å². The second-order valence-electron chi connectivity index (χ2n) is 7.91. The SMILES string of the molecule is Cc1ccc(C(=O)OCC(=O)N2CCc3ccccc3C2)cc1S(=O)(=O)N1CCOCC1. The monoisotopic (exact) mass is 458 g/mol. The molecule has 170 valence electrons. The van der Waals surface area contributed by atoms with E-state index in [9.17, 15) is 18.0 Å². The first-order valence-electron chi connectivity index (χ1n) is 10.6. The van der Waals surface area contributed by atoms with Gasteiger partial charge in [-0.3, -0.25) is 4.79 Å². The van der Waals surface area contributed by atoms with Crippen molar-refractivity contribution in [1.29, 1.82) is 0 Å². The maximum absolute atomic E-state index is 13.0. The van der Waals surface area contributed by atoms with Crippen LogP contribution in [-0.4, -0.2) is 69.0 Å². The summed E-state index contributed by atoms with van der Waals surface area (Å²) in [4.78, 5) is 26.9. The molecule has 9 heteroatoms. The molecule has 4 rings (SSSR count). The van der Waals surface area contributed by atoms with Crippen LogP contribution < -0.4 is 0 Å². The molecular formula is C23H26N2O6S. The van der Waals surface area contributed by atoms with Crippen LogP contribution in [0, 0.1) is 6.92 Å². The molecule has 1 saturated heterocycles. The van der Waals surface area contributed by atoms with Crippen molar-refractivity contribution in [2.45, 2.75) is 24.8 Å². The molecule has 0 atom stereocenters. The van der Waals surface area contributed by atoms with Crippen LogP contribution in [0.5, 0.6) is 0 Å². The Balaban J connectivity index is 1.42. The van der Waals surface area contributed by atoms with Crippen molar-refractivity contribution in [1.82, 2.24) is 9.21 Å². The third kappa shape index (κ3) is 4.69. The van der Waals surface area contributed by atoms with Crippen molar-refractivity contribution >= 4 is 21.9 Å². The summed E-state index contributed by atoms with van der Waals surface area (Å²) in [5.74, 6) is -1.00. The van der Waals surface area contributed by atoms with E-state index in [-0.39, 0.29) is 36.1 Å². The third-order valence-corrected chi connectivity index (χ3v) is 7.86. The first kappa shape index (κ1) is 22.4. The number of benzene rings is 2. The van der Waals surface area contributed by atoms with Crippen LogP contribution in [0.2, 0.25) is 0 Å². The molecule has 2 aliphatic heterocycles. The van der Waals surface area contributed by atoms with Crippen LogP contribution in [0.3, 0.4) is 0 Å². The van der Waals surface area contributed by atoms with Crippen molar-refractivity contribution < 1.29 is 27.5 Å². The molecule has 0 saturated carbocycles. The number of morpholine rings is 1. The average molecular weight is 459 g/mol. The van der Waals surface area contributed by atoms with E-state index in [1.54, 1.807) is 17.9 Å². The molecule has 2 aromatic carbocycles. The van der Waals surface area contributed by atoms with Gasteiger partial charge in [0.1, 0.15) is 0 Å². The van der Waals surface area contributed by atoms with Crippen molar-refractivity contribution in [2.24, 2.45) is 0 Å². The summed E-state index contributed by atoms with van der Waals surface area (Å²) in [5, 5.41) is 0. The van der Waals surface area contributed by atoms with Crippen LogP contribution in [0.4, 0.5) is 0 Å². The Kier molecular flexibility index (Phi) is 6.59. The van der Waals surface area contributed by atoms with Crippen molar-refractivity contribution in [2.75, 3.05) is 39.5 Å². The van der Waals surface area contributed by atoms with Gasteiger partial charge in [0.05, 0.1) is 23.7 Å². The second-order valence-corrected chi connectivity index (χ2v) is 9.81. The minimum atomic E-state index is -3.76. The molecule has 0 unspecified atom stereocenters. The lowest BCUT2D eigenvalue weighted by molar-refractivity contribution is -0.135. The molecule has 1 amide bonds. The second kappa shape index (κ2) is 9.40. The van der Waals surface area contributed by atoms with Crippen LogP contribution in [0.15, 0.2) is 47.4 Å². The molecule has 0 aromatic heterocycles. The first-order valence-corrected chi connectivity index (χ1v) is 12.0. The number of nitrogens with zero attached hydrogens (tertiary/aromatic N) is 2. The summed E-state index contributed by atoms with van der Waals surface area (Å²) in [6.07, 6.45) is 0.760. The predicted molar refractivity (Wildman–Crippen MR) is 117 cm³/mol. The fourth-order valence-corrected chi connectivity index (χ4v) is 5.60. The van der Waals surface area contributed by atoms with Gasteiger partial charge in [0.2, 0.25) is 10.0 Å². The lowest BCUT2D eigenvalue weighted by atomic mass is 10.00. The summed E-state index contributed by atoms with van der Waals surface area (Å²) in [6.45, 7) is 3.56. The normalized spacial score (nSPS) is 17.0. The Morgan fingerprint density at radius 1 is 1.03 bits per heavy atom. The number of carbonyl (C=O) groups is 2. The number of hydrogen-bond acceptors (Lipinski definition) is 6.